The third-order valence-corrected chi connectivity index (χ3v) is 4.84. The van der Waals surface area contributed by atoms with E-state index >= 15 is 0 Å². The fourth-order valence-electron chi connectivity index (χ4n) is 3.01. The zero-order chi connectivity index (χ0) is 23.4. The molecule has 0 atom stereocenters. The van der Waals surface area contributed by atoms with Crippen LogP contribution < -0.4 is 11.1 Å². The molecule has 32 heavy (non-hydrogen) atoms. The number of nitrogens with two attached hydrogens (primary N) is 1. The van der Waals surface area contributed by atoms with E-state index in [0.29, 0.717) is 11.3 Å². The minimum absolute atomic E-state index is 0.0441. The van der Waals surface area contributed by atoms with E-state index in [0.717, 1.165) is 30.5 Å². The van der Waals surface area contributed by atoms with Gasteiger partial charge in [-0.3, -0.25) is 14.2 Å². The Balaban J connectivity index is 0.000000913. The van der Waals surface area contributed by atoms with Gasteiger partial charge in [0.25, 0.3) is 5.91 Å². The second-order valence-corrected chi connectivity index (χ2v) is 7.76. The number of aryl methyl sites for hydroxylation is 1. The zero-order valence-corrected chi connectivity index (χ0v) is 18.3. The van der Waals surface area contributed by atoms with Gasteiger partial charge < -0.3 is 11.1 Å². The highest BCUT2D eigenvalue weighted by Crippen LogP contribution is 2.25. The number of nitrogen functional groups attached to an aromatic ring is 1. The Hall–Kier alpha value is -3.55. The van der Waals surface area contributed by atoms with Gasteiger partial charge in [-0.1, -0.05) is 26.3 Å². The summed E-state index contributed by atoms with van der Waals surface area (Å²) in [5, 5.41) is 2.92. The second-order valence-electron chi connectivity index (χ2n) is 7.76. The van der Waals surface area contributed by atoms with Gasteiger partial charge in [0.2, 0.25) is 5.78 Å². The molecule has 0 spiro atoms. The molecule has 0 aliphatic heterocycles. The summed E-state index contributed by atoms with van der Waals surface area (Å²) in [5.74, 6) is -2.93. The molecule has 0 unspecified atom stereocenters. The maximum Gasteiger partial charge on any atom is 0.251 e. The van der Waals surface area contributed by atoms with Crippen LogP contribution in [0.4, 0.5) is 14.6 Å². The molecule has 0 saturated heterocycles. The van der Waals surface area contributed by atoms with Gasteiger partial charge in [-0.05, 0) is 55.7 Å². The van der Waals surface area contributed by atoms with Gasteiger partial charge in [0.15, 0.2) is 17.3 Å². The van der Waals surface area contributed by atoms with Crippen molar-refractivity contribution in [2.24, 2.45) is 0 Å². The van der Waals surface area contributed by atoms with Gasteiger partial charge in [0.05, 0.1) is 5.69 Å². The molecular weight excluding hydrogens is 414 g/mol. The molecule has 0 bridgehead atoms. The highest BCUT2D eigenvalue weighted by atomic mass is 19.2. The van der Waals surface area contributed by atoms with Crippen LogP contribution in [0.2, 0.25) is 0 Å². The van der Waals surface area contributed by atoms with E-state index in [9.17, 15) is 18.4 Å². The highest BCUT2D eigenvalue weighted by Gasteiger charge is 2.25. The fraction of sp³-hybridized carbons (Fsp3) is 0.292. The van der Waals surface area contributed by atoms with Crippen LogP contribution in [0, 0.1) is 18.6 Å². The van der Waals surface area contributed by atoms with Gasteiger partial charge in [-0.25, -0.2) is 13.8 Å². The van der Waals surface area contributed by atoms with Crippen molar-refractivity contribution in [1.82, 2.24) is 14.9 Å². The number of anilines is 1. The smallest absolute Gasteiger partial charge is 0.251 e. The van der Waals surface area contributed by atoms with Crippen LogP contribution in [0.15, 0.2) is 42.7 Å². The number of amides is 1. The zero-order valence-electron chi connectivity index (χ0n) is 18.3. The molecule has 8 heteroatoms. The van der Waals surface area contributed by atoms with E-state index in [4.69, 9.17) is 5.73 Å². The lowest BCUT2D eigenvalue weighted by molar-refractivity contribution is 0.0950. The predicted molar refractivity (Wildman–Crippen MR) is 119 cm³/mol. The first-order valence-electron chi connectivity index (χ1n) is 10.5. The Bertz CT molecular complexity index is 1150. The van der Waals surface area contributed by atoms with Crippen molar-refractivity contribution in [3.8, 4) is 5.69 Å². The lowest BCUT2D eigenvalue weighted by Crippen LogP contribution is -2.25. The van der Waals surface area contributed by atoms with Gasteiger partial charge >= 0.3 is 0 Å². The summed E-state index contributed by atoms with van der Waals surface area (Å²) in [6.07, 6.45) is 4.58. The molecule has 3 aromatic rings. The summed E-state index contributed by atoms with van der Waals surface area (Å²) in [6.45, 7) is 6.09. The number of hydrogen-bond donors (Lipinski definition) is 2. The number of benzene rings is 2. The van der Waals surface area contributed by atoms with Crippen LogP contribution in [0.1, 0.15) is 65.1 Å². The molecule has 168 valence electrons. The van der Waals surface area contributed by atoms with Gasteiger partial charge in [0.1, 0.15) is 12.1 Å². The van der Waals surface area contributed by atoms with Gasteiger partial charge in [-0.15, -0.1) is 0 Å². The first-order valence-corrected chi connectivity index (χ1v) is 10.5. The number of aromatic nitrogens is 2. The Morgan fingerprint density at radius 2 is 1.75 bits per heavy atom. The van der Waals surface area contributed by atoms with E-state index in [2.05, 4.69) is 24.1 Å². The molecule has 1 aliphatic rings. The first-order chi connectivity index (χ1) is 15.3. The molecule has 1 amide bonds. The number of carbonyl (C=O) groups excluding carboxylic acids is 2. The van der Waals surface area contributed by atoms with Crippen molar-refractivity contribution < 1.29 is 18.4 Å². The molecular formula is C24H26F2N4O2. The van der Waals surface area contributed by atoms with Crippen LogP contribution in [-0.4, -0.2) is 27.3 Å². The number of nitrogens with zero attached hydrogens (tertiary/aromatic N) is 2. The first kappa shape index (κ1) is 23.1. The summed E-state index contributed by atoms with van der Waals surface area (Å²) < 4.78 is 28.1. The highest BCUT2D eigenvalue weighted by molar-refractivity contribution is 6.10. The number of nitrogens with one attached hydrogen (secondary N) is 1. The van der Waals surface area contributed by atoms with Crippen molar-refractivity contribution in [3.05, 3.63) is 76.7 Å². The molecule has 1 heterocycles. The Labute approximate surface area is 185 Å². The topological polar surface area (TPSA) is 90.0 Å². The van der Waals surface area contributed by atoms with E-state index in [1.54, 1.807) is 18.2 Å². The maximum absolute atomic E-state index is 13.5. The summed E-state index contributed by atoms with van der Waals surface area (Å²) in [5.41, 5.74) is 7.89. The summed E-state index contributed by atoms with van der Waals surface area (Å²) in [6, 6.07) is 8.27. The molecule has 4 rings (SSSR count). The Morgan fingerprint density at radius 1 is 1.09 bits per heavy atom. The van der Waals surface area contributed by atoms with Gasteiger partial charge in [-0.2, -0.15) is 0 Å². The number of imidazole rings is 1. The van der Waals surface area contributed by atoms with Crippen LogP contribution in [0.5, 0.6) is 0 Å². The average molecular weight is 440 g/mol. The molecule has 6 nitrogen and oxygen atoms in total. The molecule has 1 aliphatic carbocycles. The van der Waals surface area contributed by atoms with Crippen LogP contribution in [-0.2, 0) is 0 Å². The third-order valence-electron chi connectivity index (χ3n) is 4.84. The fourth-order valence-corrected chi connectivity index (χ4v) is 3.01. The number of halogens is 2. The van der Waals surface area contributed by atoms with Crippen molar-refractivity contribution in [2.75, 3.05) is 5.73 Å². The Kier molecular flexibility index (Phi) is 7.02. The SMILES string of the molecule is CCC.Cc1ccc(C(=O)NC2CC2)cc1-n1cnc(C(=O)c2ccc(F)c(F)c2)c1N. The molecule has 1 aromatic heterocycles. The van der Waals surface area contributed by atoms with Crippen LogP contribution in [0.25, 0.3) is 5.69 Å². The van der Waals surface area contributed by atoms with Crippen molar-refractivity contribution >= 4 is 17.5 Å². The van der Waals surface area contributed by atoms with E-state index in [1.807, 2.05) is 6.92 Å². The lowest BCUT2D eigenvalue weighted by atomic mass is 10.1. The molecule has 0 radical (unpaired) electrons. The number of carbonyl (C=O) groups is 2. The van der Waals surface area contributed by atoms with Crippen molar-refractivity contribution in [1.29, 1.82) is 0 Å². The molecule has 1 fully saturated rings. The van der Waals surface area contributed by atoms with E-state index in [-0.39, 0.29) is 29.0 Å². The largest absolute Gasteiger partial charge is 0.383 e. The normalized spacial score (nSPS) is 12.7. The number of hydrogen-bond acceptors (Lipinski definition) is 4. The van der Waals surface area contributed by atoms with Crippen LogP contribution >= 0.6 is 0 Å². The number of rotatable bonds is 5. The molecule has 2 aromatic carbocycles. The monoisotopic (exact) mass is 440 g/mol. The molecule has 1 saturated carbocycles. The van der Waals surface area contributed by atoms with Gasteiger partial charge in [0, 0.05) is 17.2 Å². The minimum atomic E-state index is -1.13. The van der Waals surface area contributed by atoms with Crippen molar-refractivity contribution in [3.63, 3.8) is 0 Å². The average Bonchev–Trinajstić information content (AvgIpc) is 3.50. The van der Waals surface area contributed by atoms with Crippen molar-refractivity contribution in [2.45, 2.75) is 46.1 Å². The van der Waals surface area contributed by atoms with Crippen LogP contribution in [0.3, 0.4) is 0 Å². The summed E-state index contributed by atoms with van der Waals surface area (Å²) >= 11 is 0. The molecule has 3 N–H and O–H groups in total. The Morgan fingerprint density at radius 3 is 2.38 bits per heavy atom. The quantitative estimate of drug-likeness (QED) is 0.568. The second kappa shape index (κ2) is 9.72. The van der Waals surface area contributed by atoms with E-state index < -0.39 is 17.4 Å². The summed E-state index contributed by atoms with van der Waals surface area (Å²) in [7, 11) is 0. The van der Waals surface area contributed by atoms with E-state index in [1.165, 1.54) is 23.4 Å². The number of ketones is 1. The minimum Gasteiger partial charge on any atom is -0.383 e. The third kappa shape index (κ3) is 5.01. The standard InChI is InChI=1S/C21H18F2N4O2.C3H8/c1-11-2-3-13(21(29)26-14-5-6-14)9-17(11)27-10-25-18(20(27)24)19(28)12-4-7-15(22)16(23)8-12;1-3-2/h2-4,7-10,14H,5-6,24H2,1H3,(H,26,29);3H2,1-2H3. The summed E-state index contributed by atoms with van der Waals surface area (Å²) in [4.78, 5) is 29.1. The predicted octanol–water partition coefficient (Wildman–Crippen LogP) is 4.58. The lowest BCUT2D eigenvalue weighted by Gasteiger charge is -2.12. The maximum atomic E-state index is 13.5.